The number of carbonyl (C=O) groups excluding carboxylic acids is 2. The molecule has 1 N–H and O–H groups in total. The van der Waals surface area contributed by atoms with E-state index in [2.05, 4.69) is 0 Å². The molecule has 0 aliphatic heterocycles. The smallest absolute Gasteiger partial charge is 0.198 e. The van der Waals surface area contributed by atoms with Crippen molar-refractivity contribution in [2.24, 2.45) is 0 Å². The molecule has 0 bridgehead atoms. The summed E-state index contributed by atoms with van der Waals surface area (Å²) in [5, 5.41) is 10.9. The predicted octanol–water partition coefficient (Wildman–Crippen LogP) is 7.71. The van der Waals surface area contributed by atoms with Crippen LogP contribution < -0.4 is 9.64 Å². The Labute approximate surface area is 241 Å². The normalized spacial score (nSPS) is 10.6. The third-order valence-corrected chi connectivity index (χ3v) is 4.92. The van der Waals surface area contributed by atoms with Gasteiger partial charge in [0.05, 0.1) is 16.8 Å². The standard InChI is InChI=1S/C23H19NO4.C2H6O2S.3C2H6.CH4/c1-13-20(25)18-17(21(26)15-11-7-8-12-16(15)22(18)27)19(24(2)3)23(13)28-14-9-5-4-6-10-14;1-5(2,3)4;3*1-2;/h4-12,25H,1-3H3;1-2H3;3*1-2H3;1H4. The van der Waals surface area contributed by atoms with Crippen molar-refractivity contribution in [2.75, 3.05) is 31.5 Å². The zero-order chi connectivity index (χ0) is 30.5. The van der Waals surface area contributed by atoms with Crippen LogP contribution in [0.15, 0.2) is 54.6 Å². The van der Waals surface area contributed by atoms with Crippen molar-refractivity contribution in [1.82, 2.24) is 0 Å². The minimum absolute atomic E-state index is 0. The molecule has 0 radical (unpaired) electrons. The first-order chi connectivity index (χ1) is 18.4. The average Bonchev–Trinajstić information content (AvgIpc) is 2.92. The topological polar surface area (TPSA) is 101 Å². The zero-order valence-electron chi connectivity index (χ0n) is 25.0. The van der Waals surface area contributed by atoms with Crippen LogP contribution in [-0.2, 0) is 9.84 Å². The molecular formula is C32H47NO6S. The Morgan fingerprint density at radius 2 is 1.10 bits per heavy atom. The van der Waals surface area contributed by atoms with Crippen LogP contribution in [0, 0.1) is 6.92 Å². The van der Waals surface area contributed by atoms with E-state index in [1.807, 2.05) is 59.7 Å². The molecule has 3 aromatic carbocycles. The van der Waals surface area contributed by atoms with Crippen LogP contribution in [0.2, 0.25) is 0 Å². The summed E-state index contributed by atoms with van der Waals surface area (Å²) in [6.07, 6.45) is 2.32. The van der Waals surface area contributed by atoms with Crippen LogP contribution in [0.25, 0.3) is 0 Å². The van der Waals surface area contributed by atoms with E-state index in [0.717, 1.165) is 12.5 Å². The molecule has 40 heavy (non-hydrogen) atoms. The fourth-order valence-corrected chi connectivity index (χ4v) is 3.57. The predicted molar refractivity (Wildman–Crippen MR) is 169 cm³/mol. The molecule has 0 unspecified atom stereocenters. The highest BCUT2D eigenvalue weighted by Gasteiger charge is 2.38. The minimum Gasteiger partial charge on any atom is -0.507 e. The third-order valence-electron chi connectivity index (χ3n) is 4.92. The molecule has 4 rings (SSSR count). The summed E-state index contributed by atoms with van der Waals surface area (Å²) >= 11 is 0. The number of ketones is 2. The number of phenolic OH excluding ortho intramolecular Hbond substituents is 1. The van der Waals surface area contributed by atoms with E-state index < -0.39 is 9.84 Å². The summed E-state index contributed by atoms with van der Waals surface area (Å²) in [6.45, 7) is 13.7. The number of hydrogen-bond donors (Lipinski definition) is 1. The van der Waals surface area contributed by atoms with Crippen LogP contribution in [-0.4, -0.2) is 51.7 Å². The summed E-state index contributed by atoms with van der Waals surface area (Å²) in [5.74, 6) is 0.0395. The number of benzene rings is 3. The van der Waals surface area contributed by atoms with E-state index in [9.17, 15) is 23.1 Å². The van der Waals surface area contributed by atoms with Gasteiger partial charge < -0.3 is 14.7 Å². The van der Waals surface area contributed by atoms with Crippen LogP contribution in [0.3, 0.4) is 0 Å². The summed E-state index contributed by atoms with van der Waals surface area (Å²) in [6, 6.07) is 15.8. The molecule has 0 saturated heterocycles. The van der Waals surface area contributed by atoms with Gasteiger partial charge in [-0.05, 0) is 19.1 Å². The number of rotatable bonds is 3. The Kier molecular flexibility index (Phi) is 17.2. The van der Waals surface area contributed by atoms with E-state index in [1.165, 1.54) is 0 Å². The molecule has 8 heteroatoms. The highest BCUT2D eigenvalue weighted by Crippen LogP contribution is 2.48. The summed E-state index contributed by atoms with van der Waals surface area (Å²) < 4.78 is 25.3. The quantitative estimate of drug-likeness (QED) is 0.268. The van der Waals surface area contributed by atoms with Crippen molar-refractivity contribution >= 4 is 27.1 Å². The van der Waals surface area contributed by atoms with Gasteiger partial charge in [-0.3, -0.25) is 9.59 Å². The lowest BCUT2D eigenvalue weighted by molar-refractivity contribution is 0.0976. The molecule has 1 aliphatic carbocycles. The molecule has 0 heterocycles. The van der Waals surface area contributed by atoms with Crippen molar-refractivity contribution in [3.63, 3.8) is 0 Å². The maximum absolute atomic E-state index is 13.3. The first-order valence-electron chi connectivity index (χ1n) is 13.0. The number of phenols is 1. The molecular weight excluding hydrogens is 526 g/mol. The van der Waals surface area contributed by atoms with Gasteiger partial charge in [0.15, 0.2) is 17.3 Å². The Hall–Kier alpha value is -3.65. The minimum atomic E-state index is -2.67. The van der Waals surface area contributed by atoms with Gasteiger partial charge in [-0.2, -0.15) is 0 Å². The van der Waals surface area contributed by atoms with Crippen molar-refractivity contribution < 1.29 is 27.9 Å². The van der Waals surface area contributed by atoms with Crippen LogP contribution in [0.4, 0.5) is 5.69 Å². The fourth-order valence-electron chi connectivity index (χ4n) is 3.57. The number of para-hydroxylation sites is 1. The SMILES string of the molecule is C.CC.CC.CC.CS(C)(=O)=O.Cc1c(O)c2c(c(N(C)C)c1Oc1ccccc1)C(=O)c1ccccc1C2=O. The first kappa shape index (κ1) is 38.5. The van der Waals surface area contributed by atoms with Gasteiger partial charge in [-0.25, -0.2) is 8.42 Å². The van der Waals surface area contributed by atoms with Crippen LogP contribution in [0.5, 0.6) is 17.2 Å². The second kappa shape index (κ2) is 17.8. The van der Waals surface area contributed by atoms with Crippen molar-refractivity contribution in [3.8, 4) is 17.2 Å². The van der Waals surface area contributed by atoms with Gasteiger partial charge in [-0.1, -0.05) is 91.4 Å². The Morgan fingerprint density at radius 1 is 0.725 bits per heavy atom. The highest BCUT2D eigenvalue weighted by atomic mass is 32.2. The number of fused-ring (bicyclic) bond motifs is 2. The third kappa shape index (κ3) is 9.52. The van der Waals surface area contributed by atoms with Gasteiger partial charge >= 0.3 is 0 Å². The largest absolute Gasteiger partial charge is 0.507 e. The molecule has 0 saturated carbocycles. The Morgan fingerprint density at radius 3 is 1.50 bits per heavy atom. The number of nitrogens with zero attached hydrogens (tertiary/aromatic N) is 1. The van der Waals surface area contributed by atoms with Crippen molar-refractivity contribution in [3.05, 3.63) is 82.4 Å². The number of sulfone groups is 1. The molecule has 222 valence electrons. The number of aromatic hydroxyl groups is 1. The van der Waals surface area contributed by atoms with E-state index >= 15 is 0 Å². The molecule has 0 amide bonds. The van der Waals surface area contributed by atoms with Crippen LogP contribution >= 0.6 is 0 Å². The summed E-state index contributed by atoms with van der Waals surface area (Å²) in [7, 11) is 0.893. The fraction of sp³-hybridized carbons (Fsp3) is 0.375. The Bertz CT molecular complexity index is 1340. The molecule has 1 aliphatic rings. The molecule has 0 fully saturated rings. The van der Waals surface area contributed by atoms with Gasteiger partial charge in [0.2, 0.25) is 0 Å². The first-order valence-corrected chi connectivity index (χ1v) is 15.3. The molecule has 0 atom stereocenters. The van der Waals surface area contributed by atoms with Crippen molar-refractivity contribution in [1.29, 1.82) is 0 Å². The summed E-state index contributed by atoms with van der Waals surface area (Å²) in [5.41, 5.74) is 1.72. The maximum Gasteiger partial charge on any atom is 0.198 e. The number of carbonyl (C=O) groups is 2. The van der Waals surface area contributed by atoms with E-state index in [-0.39, 0.29) is 35.9 Å². The number of ether oxygens (including phenoxy) is 1. The van der Waals surface area contributed by atoms with Crippen LogP contribution in [0.1, 0.15) is 86.4 Å². The molecule has 7 nitrogen and oxygen atoms in total. The van der Waals surface area contributed by atoms with Gasteiger partial charge in [-0.15, -0.1) is 0 Å². The summed E-state index contributed by atoms with van der Waals surface area (Å²) in [4.78, 5) is 28.1. The van der Waals surface area contributed by atoms with Gasteiger partial charge in [0, 0.05) is 43.3 Å². The lowest BCUT2D eigenvalue weighted by atomic mass is 9.81. The number of anilines is 1. The lowest BCUT2D eigenvalue weighted by Crippen LogP contribution is -2.25. The Balaban J connectivity index is 0. The average molecular weight is 574 g/mol. The van der Waals surface area contributed by atoms with E-state index in [1.54, 1.807) is 62.3 Å². The molecule has 3 aromatic rings. The lowest BCUT2D eigenvalue weighted by Gasteiger charge is -2.28. The highest BCUT2D eigenvalue weighted by molar-refractivity contribution is 7.89. The maximum atomic E-state index is 13.3. The van der Waals surface area contributed by atoms with E-state index in [4.69, 9.17) is 4.74 Å². The second-order valence-electron chi connectivity index (χ2n) is 8.06. The van der Waals surface area contributed by atoms with E-state index in [0.29, 0.717) is 33.9 Å². The molecule has 0 spiro atoms. The number of hydrogen-bond acceptors (Lipinski definition) is 7. The monoisotopic (exact) mass is 573 g/mol. The van der Waals surface area contributed by atoms with Gasteiger partial charge in [0.1, 0.15) is 21.3 Å². The second-order valence-corrected chi connectivity index (χ2v) is 10.3. The van der Waals surface area contributed by atoms with Gasteiger partial charge in [0.25, 0.3) is 0 Å². The molecule has 0 aromatic heterocycles. The van der Waals surface area contributed by atoms with Crippen molar-refractivity contribution in [2.45, 2.75) is 55.9 Å². The zero-order valence-corrected chi connectivity index (χ0v) is 25.9.